The van der Waals surface area contributed by atoms with Gasteiger partial charge in [-0.2, -0.15) is 0 Å². The summed E-state index contributed by atoms with van der Waals surface area (Å²) in [7, 11) is 0. The van der Waals surface area contributed by atoms with Gasteiger partial charge in [-0.3, -0.25) is 14.5 Å². The Morgan fingerprint density at radius 3 is 1.84 bits per heavy atom. The minimum atomic E-state index is -1.30. The van der Waals surface area contributed by atoms with E-state index in [2.05, 4.69) is 15.8 Å². The molecule has 0 bridgehead atoms. The van der Waals surface area contributed by atoms with Gasteiger partial charge in [0.2, 0.25) is 6.10 Å². The molecule has 6 aromatic rings. The van der Waals surface area contributed by atoms with Gasteiger partial charge in [-0.15, -0.1) is 34.7 Å². The minimum absolute atomic E-state index is 0.0608. The quantitative estimate of drug-likeness (QED) is 0.0217. The van der Waals surface area contributed by atoms with Gasteiger partial charge in [0, 0.05) is 17.0 Å². The van der Waals surface area contributed by atoms with Crippen molar-refractivity contribution in [1.82, 2.24) is 15.2 Å². The van der Waals surface area contributed by atoms with Crippen LogP contribution >= 0.6 is 34.7 Å². The van der Waals surface area contributed by atoms with E-state index < -0.39 is 52.9 Å². The molecule has 1 fully saturated rings. The number of anilines is 1. The average Bonchev–Trinajstić information content (AvgIpc) is 3.80. The van der Waals surface area contributed by atoms with Gasteiger partial charge in [0.25, 0.3) is 11.8 Å². The summed E-state index contributed by atoms with van der Waals surface area (Å²) in [6.07, 6.45) is -2.05. The molecule has 2 aliphatic heterocycles. The van der Waals surface area contributed by atoms with Crippen molar-refractivity contribution in [3.63, 3.8) is 0 Å². The van der Waals surface area contributed by atoms with Crippen LogP contribution in [-0.4, -0.2) is 73.6 Å². The van der Waals surface area contributed by atoms with Crippen LogP contribution in [-0.2, 0) is 34.3 Å². The molecule has 5 aromatic carbocycles. The monoisotopic (exact) mass is 897 g/mol. The summed E-state index contributed by atoms with van der Waals surface area (Å²) in [4.78, 5) is 65.6. The number of carboxylic acid groups (broad SMARTS) is 1. The van der Waals surface area contributed by atoms with Gasteiger partial charge in [0.1, 0.15) is 28.3 Å². The van der Waals surface area contributed by atoms with Crippen molar-refractivity contribution >= 4 is 69.3 Å². The molecule has 1 saturated heterocycles. The fourth-order valence-electron chi connectivity index (χ4n) is 7.55. The second-order valence-electron chi connectivity index (χ2n) is 14.6. The lowest BCUT2D eigenvalue weighted by Gasteiger charge is -2.49. The molecule has 1 unspecified atom stereocenters. The maximum absolute atomic E-state index is 14.4. The number of thiazole rings is 1. The molecule has 12 nitrogen and oxygen atoms in total. The molecule has 15 heteroatoms. The van der Waals surface area contributed by atoms with Gasteiger partial charge in [0.15, 0.2) is 16.9 Å². The number of carbonyl (C=O) groups is 4. The minimum Gasteiger partial charge on any atom is -0.477 e. The first-order valence-electron chi connectivity index (χ1n) is 19.9. The molecule has 3 N–H and O–H groups in total. The van der Waals surface area contributed by atoms with Crippen LogP contribution in [0.2, 0.25) is 0 Å². The number of aromatic nitrogens is 1. The standard InChI is InChI=1S/C48H40ClN5O7S2/c1-30(46(59)60-41(31-17-7-2-8-18-31)32-19-9-3-10-20-32)61-53-38(42(55)51-39-43(56)54-40(45(57)58)33(27-49)28-62-44(39)54)37-29-63-47(50-37)52-48(34-21-11-4-12-22-34,35-23-13-5-14-24-35)36-25-15-6-16-26-36/h2-26,29-30,39,41,44H,27-28H2,1H3,(H,50,52)(H,51,55)(H,57,58)/t30-,39?,44+/m1/s1. The molecular weight excluding hydrogens is 858 g/mol. The summed E-state index contributed by atoms with van der Waals surface area (Å²) in [5.74, 6) is -3.29. The Balaban J connectivity index is 1.12. The van der Waals surface area contributed by atoms with Crippen molar-refractivity contribution in [3.05, 3.63) is 202 Å². The number of fused-ring (bicyclic) bond motifs is 1. The molecule has 1 aromatic heterocycles. The van der Waals surface area contributed by atoms with Crippen molar-refractivity contribution in [3.8, 4) is 0 Å². The predicted molar refractivity (Wildman–Crippen MR) is 243 cm³/mol. The topological polar surface area (TPSA) is 160 Å². The first-order valence-corrected chi connectivity index (χ1v) is 22.4. The SMILES string of the molecule is C[C@@H](ON=C(C(=O)NC1C(=O)N2C(C(=O)O)=C(CCl)CS[C@@H]12)c1csc(NC(c2ccccc2)(c2ccccc2)c2ccccc2)n1)C(=O)OC(c1ccccc1)c1ccccc1. The molecule has 0 spiro atoms. The molecule has 0 aliphatic carbocycles. The number of nitrogens with one attached hydrogen (secondary N) is 2. The smallest absolute Gasteiger partial charge is 0.352 e. The number of hydrogen-bond acceptors (Lipinski definition) is 11. The van der Waals surface area contributed by atoms with Gasteiger partial charge in [-0.05, 0) is 40.3 Å². The number of ether oxygens (including phenoxy) is 1. The number of aliphatic carboxylic acids is 1. The van der Waals surface area contributed by atoms with Crippen LogP contribution in [0.3, 0.4) is 0 Å². The number of alkyl halides is 1. The van der Waals surface area contributed by atoms with Crippen LogP contribution in [0.25, 0.3) is 0 Å². The highest BCUT2D eigenvalue weighted by atomic mass is 35.5. The van der Waals surface area contributed by atoms with Gasteiger partial charge in [0.05, 0.1) is 0 Å². The number of oxime groups is 1. The third-order valence-corrected chi connectivity index (χ3v) is 13.1. The van der Waals surface area contributed by atoms with Crippen molar-refractivity contribution in [2.75, 3.05) is 16.9 Å². The van der Waals surface area contributed by atoms with Gasteiger partial charge in [-0.25, -0.2) is 14.6 Å². The number of amides is 2. The van der Waals surface area contributed by atoms with Crippen LogP contribution in [0.1, 0.15) is 46.5 Å². The number of β-lactam (4-membered cyclic amide) rings is 1. The Kier molecular flexibility index (Phi) is 13.0. The van der Waals surface area contributed by atoms with E-state index in [4.69, 9.17) is 26.2 Å². The van der Waals surface area contributed by atoms with Crippen molar-refractivity contribution in [1.29, 1.82) is 0 Å². The fourth-order valence-corrected chi connectivity index (χ4v) is 9.98. The number of nitrogens with zero attached hydrogens (tertiary/aromatic N) is 3. The second kappa shape index (κ2) is 19.1. The summed E-state index contributed by atoms with van der Waals surface area (Å²) in [6.45, 7) is 1.45. The average molecular weight is 898 g/mol. The van der Waals surface area contributed by atoms with Crippen molar-refractivity contribution < 1.29 is 33.9 Å². The second-order valence-corrected chi connectivity index (χ2v) is 16.8. The Labute approximate surface area is 376 Å². The Bertz CT molecular complexity index is 2520. The van der Waals surface area contributed by atoms with E-state index >= 15 is 0 Å². The zero-order chi connectivity index (χ0) is 43.9. The molecule has 8 rings (SSSR count). The highest BCUT2D eigenvalue weighted by Gasteiger charge is 2.54. The molecule has 0 saturated carbocycles. The summed E-state index contributed by atoms with van der Waals surface area (Å²) in [5, 5.41) is 21.9. The number of hydrogen-bond donors (Lipinski definition) is 3. The fraction of sp³-hybridized carbons (Fsp3) is 0.167. The largest absolute Gasteiger partial charge is 0.477 e. The Hall–Kier alpha value is -6.74. The Morgan fingerprint density at radius 1 is 0.841 bits per heavy atom. The molecule has 318 valence electrons. The molecule has 2 amide bonds. The highest BCUT2D eigenvalue weighted by Crippen LogP contribution is 2.42. The maximum Gasteiger partial charge on any atom is 0.352 e. The number of thioether (sulfide) groups is 1. The van der Waals surface area contributed by atoms with E-state index in [1.54, 1.807) is 5.38 Å². The highest BCUT2D eigenvalue weighted by molar-refractivity contribution is 8.00. The molecule has 3 atom stereocenters. The first-order chi connectivity index (χ1) is 30.7. The molecule has 3 heterocycles. The normalized spacial score (nSPS) is 16.7. The lowest BCUT2D eigenvalue weighted by atomic mass is 9.77. The molecule has 63 heavy (non-hydrogen) atoms. The van der Waals surface area contributed by atoms with E-state index in [0.717, 1.165) is 32.7 Å². The van der Waals surface area contributed by atoms with Crippen molar-refractivity contribution in [2.45, 2.75) is 36.1 Å². The van der Waals surface area contributed by atoms with Crippen LogP contribution < -0.4 is 10.6 Å². The van der Waals surface area contributed by atoms with Crippen LogP contribution in [0, 0.1) is 0 Å². The summed E-state index contributed by atoms with van der Waals surface area (Å²) >= 11 is 8.54. The van der Waals surface area contributed by atoms with Gasteiger partial charge in [-0.1, -0.05) is 157 Å². The maximum atomic E-state index is 14.4. The lowest BCUT2D eigenvalue weighted by molar-refractivity contribution is -0.160. The molecule has 0 radical (unpaired) electrons. The zero-order valence-corrected chi connectivity index (χ0v) is 36.1. The predicted octanol–water partition coefficient (Wildman–Crippen LogP) is 7.97. The number of esters is 1. The van der Waals surface area contributed by atoms with Crippen LogP contribution in [0.15, 0.2) is 173 Å². The molecular formula is C48H40ClN5O7S2. The van der Waals surface area contributed by atoms with E-state index in [-0.39, 0.29) is 28.7 Å². The number of rotatable bonds is 16. The number of benzene rings is 5. The summed E-state index contributed by atoms with van der Waals surface area (Å²) in [5.41, 5.74) is 3.30. The molecule has 2 aliphatic rings. The number of carboxylic acids is 1. The lowest BCUT2D eigenvalue weighted by Crippen LogP contribution is -2.71. The van der Waals surface area contributed by atoms with E-state index in [9.17, 15) is 24.3 Å². The summed E-state index contributed by atoms with van der Waals surface area (Å²) in [6, 6.07) is 47.2. The van der Waals surface area contributed by atoms with Gasteiger partial charge >= 0.3 is 11.9 Å². The number of halogens is 1. The van der Waals surface area contributed by atoms with Crippen molar-refractivity contribution in [2.24, 2.45) is 5.16 Å². The van der Waals surface area contributed by atoms with Crippen LogP contribution in [0.5, 0.6) is 0 Å². The third-order valence-electron chi connectivity index (χ3n) is 10.6. The first kappa shape index (κ1) is 42.9. The van der Waals surface area contributed by atoms with E-state index in [0.29, 0.717) is 10.7 Å². The number of carbonyl (C=O) groups excluding carboxylic acids is 3. The third kappa shape index (κ3) is 8.83. The summed E-state index contributed by atoms with van der Waals surface area (Å²) < 4.78 is 6.01. The Morgan fingerprint density at radius 2 is 1.35 bits per heavy atom. The van der Waals surface area contributed by atoms with Gasteiger partial charge < -0.3 is 25.3 Å². The van der Waals surface area contributed by atoms with E-state index in [1.165, 1.54) is 30.0 Å². The zero-order valence-electron chi connectivity index (χ0n) is 33.7. The van der Waals surface area contributed by atoms with E-state index in [1.807, 2.05) is 152 Å². The van der Waals surface area contributed by atoms with Crippen LogP contribution in [0.4, 0.5) is 5.13 Å².